The van der Waals surface area contributed by atoms with Crippen molar-refractivity contribution >= 4 is 11.6 Å². The van der Waals surface area contributed by atoms with Crippen LogP contribution in [0.2, 0.25) is 5.02 Å². The molecule has 3 heteroatoms. The Bertz CT molecular complexity index is 540. The second-order valence-corrected chi connectivity index (χ2v) is 4.43. The van der Waals surface area contributed by atoms with Gasteiger partial charge in [0.2, 0.25) is 0 Å². The Kier molecular flexibility index (Phi) is 4.24. The lowest BCUT2D eigenvalue weighted by atomic mass is 10.1. The number of halogens is 1. The molecule has 2 N–H and O–H groups in total. The lowest BCUT2D eigenvalue weighted by Crippen LogP contribution is -2.00. The van der Waals surface area contributed by atoms with Gasteiger partial charge in [0.15, 0.2) is 0 Å². The zero-order valence-electron chi connectivity index (χ0n) is 10.3. The summed E-state index contributed by atoms with van der Waals surface area (Å²) in [6.07, 6.45) is 0.983. The van der Waals surface area contributed by atoms with Gasteiger partial charge in [0, 0.05) is 17.1 Å². The molecular weight excluding hydrogens is 246 g/mol. The molecule has 0 atom stereocenters. The van der Waals surface area contributed by atoms with Crippen LogP contribution in [-0.2, 0) is 13.0 Å². The highest BCUT2D eigenvalue weighted by Gasteiger charge is 2.07. The van der Waals surface area contributed by atoms with Crippen LogP contribution in [0.15, 0.2) is 42.5 Å². The Morgan fingerprint density at radius 1 is 1.17 bits per heavy atom. The molecule has 0 saturated carbocycles. The van der Waals surface area contributed by atoms with E-state index in [1.54, 1.807) is 0 Å². The Hall–Kier alpha value is -1.51. The SMILES string of the molecule is CCc1cccc(Oc2cccc(Cl)c2CN)c1. The molecule has 18 heavy (non-hydrogen) atoms. The maximum atomic E-state index is 6.09. The molecule has 2 aromatic rings. The molecule has 0 aliphatic heterocycles. The first-order valence-corrected chi connectivity index (χ1v) is 6.36. The van der Waals surface area contributed by atoms with E-state index in [1.165, 1.54) is 5.56 Å². The fourth-order valence-electron chi connectivity index (χ4n) is 1.79. The van der Waals surface area contributed by atoms with Gasteiger partial charge in [0.1, 0.15) is 11.5 Å². The Morgan fingerprint density at radius 2 is 1.94 bits per heavy atom. The van der Waals surface area contributed by atoms with Crippen molar-refractivity contribution < 1.29 is 4.74 Å². The number of hydrogen-bond acceptors (Lipinski definition) is 2. The summed E-state index contributed by atoms with van der Waals surface area (Å²) in [6, 6.07) is 13.6. The molecule has 0 unspecified atom stereocenters. The average molecular weight is 262 g/mol. The quantitative estimate of drug-likeness (QED) is 0.897. The van der Waals surface area contributed by atoms with E-state index in [-0.39, 0.29) is 0 Å². The molecule has 0 aromatic heterocycles. The summed E-state index contributed by atoms with van der Waals surface area (Å²) >= 11 is 6.09. The molecule has 0 aliphatic carbocycles. The smallest absolute Gasteiger partial charge is 0.133 e. The van der Waals surface area contributed by atoms with Crippen LogP contribution in [-0.4, -0.2) is 0 Å². The van der Waals surface area contributed by atoms with Gasteiger partial charge in [-0.2, -0.15) is 0 Å². The third kappa shape index (κ3) is 2.84. The molecule has 0 fully saturated rings. The monoisotopic (exact) mass is 261 g/mol. The highest BCUT2D eigenvalue weighted by atomic mass is 35.5. The van der Waals surface area contributed by atoms with Gasteiger partial charge >= 0.3 is 0 Å². The van der Waals surface area contributed by atoms with Crippen molar-refractivity contribution in [3.63, 3.8) is 0 Å². The van der Waals surface area contributed by atoms with E-state index in [9.17, 15) is 0 Å². The van der Waals surface area contributed by atoms with Crippen LogP contribution in [0.1, 0.15) is 18.1 Å². The van der Waals surface area contributed by atoms with Crippen LogP contribution in [0.5, 0.6) is 11.5 Å². The van der Waals surface area contributed by atoms with E-state index in [2.05, 4.69) is 13.0 Å². The van der Waals surface area contributed by atoms with Gasteiger partial charge in [0.05, 0.1) is 0 Å². The minimum Gasteiger partial charge on any atom is -0.457 e. The zero-order valence-corrected chi connectivity index (χ0v) is 11.1. The Morgan fingerprint density at radius 3 is 2.67 bits per heavy atom. The molecular formula is C15H16ClNO. The fourth-order valence-corrected chi connectivity index (χ4v) is 2.03. The van der Waals surface area contributed by atoms with Crippen LogP contribution in [0.25, 0.3) is 0 Å². The third-order valence-corrected chi connectivity index (χ3v) is 3.17. The van der Waals surface area contributed by atoms with Gasteiger partial charge in [0.25, 0.3) is 0 Å². The molecule has 0 bridgehead atoms. The van der Waals surface area contributed by atoms with E-state index in [0.29, 0.717) is 11.6 Å². The number of aryl methyl sites for hydroxylation is 1. The second kappa shape index (κ2) is 5.89. The van der Waals surface area contributed by atoms with Crippen LogP contribution in [0, 0.1) is 0 Å². The molecule has 0 spiro atoms. The normalized spacial score (nSPS) is 10.4. The minimum absolute atomic E-state index is 0.364. The largest absolute Gasteiger partial charge is 0.457 e. The van der Waals surface area contributed by atoms with Crippen molar-refractivity contribution in [3.05, 3.63) is 58.6 Å². The predicted octanol–water partition coefficient (Wildman–Crippen LogP) is 4.15. The number of benzene rings is 2. The highest BCUT2D eigenvalue weighted by molar-refractivity contribution is 6.31. The number of nitrogens with two attached hydrogens (primary N) is 1. The van der Waals surface area contributed by atoms with Crippen LogP contribution >= 0.6 is 11.6 Å². The van der Waals surface area contributed by atoms with Gasteiger partial charge in [-0.3, -0.25) is 0 Å². The molecule has 0 radical (unpaired) electrons. The standard InChI is InChI=1S/C15H16ClNO/c1-2-11-5-3-6-12(9-11)18-15-8-4-7-14(16)13(15)10-17/h3-9H,2,10,17H2,1H3. The molecule has 2 rings (SSSR count). The molecule has 0 amide bonds. The van der Waals surface area contributed by atoms with Crippen molar-refractivity contribution in [2.24, 2.45) is 5.73 Å². The molecule has 0 aliphatic rings. The first-order chi connectivity index (χ1) is 8.74. The summed E-state index contributed by atoms with van der Waals surface area (Å²) in [6.45, 7) is 2.48. The first kappa shape index (κ1) is 12.9. The minimum atomic E-state index is 0.364. The molecule has 2 aromatic carbocycles. The van der Waals surface area contributed by atoms with Gasteiger partial charge in [-0.15, -0.1) is 0 Å². The van der Waals surface area contributed by atoms with Crippen LogP contribution in [0.4, 0.5) is 0 Å². The van der Waals surface area contributed by atoms with E-state index in [1.807, 2.05) is 36.4 Å². The maximum Gasteiger partial charge on any atom is 0.133 e. The highest BCUT2D eigenvalue weighted by Crippen LogP contribution is 2.30. The number of ether oxygens (including phenoxy) is 1. The molecule has 2 nitrogen and oxygen atoms in total. The Labute approximate surface area is 112 Å². The second-order valence-electron chi connectivity index (χ2n) is 4.02. The number of rotatable bonds is 4. The van der Waals surface area contributed by atoms with Gasteiger partial charge < -0.3 is 10.5 Å². The van der Waals surface area contributed by atoms with E-state index < -0.39 is 0 Å². The predicted molar refractivity (Wildman–Crippen MR) is 75.2 cm³/mol. The molecule has 94 valence electrons. The third-order valence-electron chi connectivity index (χ3n) is 2.81. The summed E-state index contributed by atoms with van der Waals surface area (Å²) in [5.74, 6) is 1.53. The van der Waals surface area contributed by atoms with Gasteiger partial charge in [-0.05, 0) is 36.2 Å². The fraction of sp³-hybridized carbons (Fsp3) is 0.200. The summed E-state index contributed by atoms with van der Waals surface area (Å²) in [5, 5.41) is 0.640. The van der Waals surface area contributed by atoms with Crippen molar-refractivity contribution in [1.82, 2.24) is 0 Å². The summed E-state index contributed by atoms with van der Waals surface area (Å²) in [7, 11) is 0. The first-order valence-electron chi connectivity index (χ1n) is 5.99. The van der Waals surface area contributed by atoms with Crippen molar-refractivity contribution in [1.29, 1.82) is 0 Å². The van der Waals surface area contributed by atoms with Crippen LogP contribution in [0.3, 0.4) is 0 Å². The lowest BCUT2D eigenvalue weighted by Gasteiger charge is -2.11. The van der Waals surface area contributed by atoms with Crippen molar-refractivity contribution in [2.75, 3.05) is 0 Å². The van der Waals surface area contributed by atoms with Gasteiger partial charge in [-0.25, -0.2) is 0 Å². The summed E-state index contributed by atoms with van der Waals surface area (Å²) in [5.41, 5.74) is 7.77. The summed E-state index contributed by atoms with van der Waals surface area (Å²) < 4.78 is 5.86. The van der Waals surface area contributed by atoms with Crippen LogP contribution < -0.4 is 10.5 Å². The van der Waals surface area contributed by atoms with Crippen molar-refractivity contribution in [2.45, 2.75) is 19.9 Å². The zero-order chi connectivity index (χ0) is 13.0. The average Bonchev–Trinajstić information content (AvgIpc) is 2.39. The van der Waals surface area contributed by atoms with E-state index in [0.717, 1.165) is 23.5 Å². The van der Waals surface area contributed by atoms with Gasteiger partial charge in [-0.1, -0.05) is 36.7 Å². The number of hydrogen-bond donors (Lipinski definition) is 1. The van der Waals surface area contributed by atoms with E-state index in [4.69, 9.17) is 22.1 Å². The Balaban J connectivity index is 2.30. The summed E-state index contributed by atoms with van der Waals surface area (Å²) in [4.78, 5) is 0. The lowest BCUT2D eigenvalue weighted by molar-refractivity contribution is 0.476. The topological polar surface area (TPSA) is 35.2 Å². The van der Waals surface area contributed by atoms with E-state index >= 15 is 0 Å². The maximum absolute atomic E-state index is 6.09. The van der Waals surface area contributed by atoms with Crippen molar-refractivity contribution in [3.8, 4) is 11.5 Å². The molecule has 0 heterocycles. The molecule has 0 saturated heterocycles.